The summed E-state index contributed by atoms with van der Waals surface area (Å²) < 4.78 is 3.80. The summed E-state index contributed by atoms with van der Waals surface area (Å²) >= 11 is 1.84. The maximum Gasteiger partial charge on any atom is 0.173 e. The molecule has 0 saturated carbocycles. The van der Waals surface area contributed by atoms with Crippen molar-refractivity contribution in [3.8, 4) is 0 Å². The molecule has 0 aliphatic heterocycles. The molecular formula is C19H22N6S. The van der Waals surface area contributed by atoms with Crippen LogP contribution in [-0.2, 0) is 19.4 Å². The number of fused-ring (bicyclic) bond motifs is 5. The third-order valence-corrected chi connectivity index (χ3v) is 6.67. The second-order valence-corrected chi connectivity index (χ2v) is 8.41. The predicted octanol–water partition coefficient (Wildman–Crippen LogP) is 3.72. The lowest BCUT2D eigenvalue weighted by molar-refractivity contribution is 0.451. The van der Waals surface area contributed by atoms with E-state index in [2.05, 4.69) is 35.1 Å². The number of hydrogen-bond acceptors (Lipinski definition) is 5. The van der Waals surface area contributed by atoms with E-state index in [-0.39, 0.29) is 0 Å². The zero-order chi connectivity index (χ0) is 17.8. The van der Waals surface area contributed by atoms with Gasteiger partial charge >= 0.3 is 0 Å². The van der Waals surface area contributed by atoms with E-state index in [1.807, 2.05) is 27.5 Å². The summed E-state index contributed by atoms with van der Waals surface area (Å²) in [6.07, 6.45) is 6.65. The van der Waals surface area contributed by atoms with Gasteiger partial charge in [-0.1, -0.05) is 13.3 Å². The first-order valence-electron chi connectivity index (χ1n) is 9.28. The highest BCUT2D eigenvalue weighted by Gasteiger charge is 2.24. The van der Waals surface area contributed by atoms with Crippen LogP contribution in [-0.4, -0.2) is 29.4 Å². The van der Waals surface area contributed by atoms with Gasteiger partial charge in [0.25, 0.3) is 0 Å². The van der Waals surface area contributed by atoms with E-state index >= 15 is 0 Å². The van der Waals surface area contributed by atoms with Crippen molar-refractivity contribution in [3.63, 3.8) is 0 Å². The summed E-state index contributed by atoms with van der Waals surface area (Å²) in [7, 11) is 0. The molecule has 4 heterocycles. The van der Waals surface area contributed by atoms with Gasteiger partial charge in [-0.15, -0.1) is 16.4 Å². The number of rotatable bonds is 3. The minimum absolute atomic E-state index is 0.590. The highest BCUT2D eigenvalue weighted by Crippen LogP contribution is 2.39. The quantitative estimate of drug-likeness (QED) is 0.554. The van der Waals surface area contributed by atoms with Gasteiger partial charge in [-0.2, -0.15) is 5.10 Å². The molecule has 7 heteroatoms. The van der Waals surface area contributed by atoms with Crippen molar-refractivity contribution in [2.45, 2.75) is 53.0 Å². The molecule has 0 fully saturated rings. The fourth-order valence-corrected chi connectivity index (χ4v) is 5.37. The molecule has 5 rings (SSSR count). The molecule has 6 nitrogen and oxygen atoms in total. The van der Waals surface area contributed by atoms with E-state index in [0.29, 0.717) is 6.54 Å². The molecule has 0 radical (unpaired) electrons. The minimum Gasteiger partial charge on any atom is -0.262 e. The van der Waals surface area contributed by atoms with Gasteiger partial charge < -0.3 is 0 Å². The van der Waals surface area contributed by atoms with E-state index in [1.54, 1.807) is 6.33 Å². The lowest BCUT2D eigenvalue weighted by Gasteiger charge is -2.20. The Kier molecular flexibility index (Phi) is 3.60. The fourth-order valence-electron chi connectivity index (χ4n) is 4.07. The van der Waals surface area contributed by atoms with Crippen molar-refractivity contribution in [2.75, 3.05) is 0 Å². The summed E-state index contributed by atoms with van der Waals surface area (Å²) in [5.74, 6) is 1.60. The van der Waals surface area contributed by atoms with Crippen molar-refractivity contribution >= 4 is 27.2 Å². The third kappa shape index (κ3) is 2.45. The molecule has 0 unspecified atom stereocenters. The third-order valence-electron chi connectivity index (χ3n) is 5.50. The molecule has 0 amide bonds. The Hall–Kier alpha value is -2.28. The first kappa shape index (κ1) is 15.9. The molecular weight excluding hydrogens is 344 g/mol. The summed E-state index contributed by atoms with van der Waals surface area (Å²) in [6, 6.07) is 2.08. The molecule has 0 aromatic carbocycles. The first-order chi connectivity index (χ1) is 12.6. The molecule has 4 aromatic rings. The van der Waals surface area contributed by atoms with Crippen molar-refractivity contribution in [2.24, 2.45) is 5.92 Å². The maximum absolute atomic E-state index is 4.86. The van der Waals surface area contributed by atoms with Crippen LogP contribution in [0.1, 0.15) is 47.4 Å². The molecule has 1 atom stereocenters. The topological polar surface area (TPSA) is 60.9 Å². The average molecular weight is 366 g/mol. The monoisotopic (exact) mass is 366 g/mol. The SMILES string of the molecule is CC[C@@H]1CCc2c(sc3ncn4nc(Cn5nc(C)cc5C)nc4c23)C1. The van der Waals surface area contributed by atoms with Crippen LogP contribution in [0.3, 0.4) is 0 Å². The van der Waals surface area contributed by atoms with Crippen LogP contribution in [0.4, 0.5) is 0 Å². The summed E-state index contributed by atoms with van der Waals surface area (Å²) in [5, 5.41) is 10.4. The number of thiophene rings is 1. The van der Waals surface area contributed by atoms with Crippen molar-refractivity contribution < 1.29 is 0 Å². The van der Waals surface area contributed by atoms with E-state index in [1.165, 1.54) is 35.1 Å². The van der Waals surface area contributed by atoms with E-state index in [0.717, 1.165) is 40.0 Å². The molecule has 0 N–H and O–H groups in total. The maximum atomic E-state index is 4.86. The largest absolute Gasteiger partial charge is 0.262 e. The predicted molar refractivity (Wildman–Crippen MR) is 103 cm³/mol. The van der Waals surface area contributed by atoms with Gasteiger partial charge in [-0.3, -0.25) is 4.68 Å². The highest BCUT2D eigenvalue weighted by atomic mass is 32.1. The molecule has 0 saturated heterocycles. The Bertz CT molecular complexity index is 1120. The van der Waals surface area contributed by atoms with Crippen LogP contribution in [0, 0.1) is 19.8 Å². The standard InChI is InChI=1S/C19H22N6S/c1-4-13-5-6-14-15(8-13)26-19-17(14)18-21-16(23-25(18)10-20-19)9-24-12(3)7-11(2)22-24/h7,10,13H,4-6,8-9H2,1-3H3/t13-/m1/s1. The second kappa shape index (κ2) is 5.87. The Morgan fingerprint density at radius 3 is 2.92 bits per heavy atom. The van der Waals surface area contributed by atoms with E-state index in [9.17, 15) is 0 Å². The number of hydrogen-bond donors (Lipinski definition) is 0. The molecule has 1 aliphatic carbocycles. The van der Waals surface area contributed by atoms with Crippen LogP contribution in [0.5, 0.6) is 0 Å². The molecule has 26 heavy (non-hydrogen) atoms. The number of aryl methyl sites for hydroxylation is 3. The van der Waals surface area contributed by atoms with Crippen LogP contribution in [0.25, 0.3) is 15.9 Å². The Labute approximate surface area is 155 Å². The normalized spacial score (nSPS) is 17.3. The van der Waals surface area contributed by atoms with Gasteiger partial charge in [-0.25, -0.2) is 14.5 Å². The fraction of sp³-hybridized carbons (Fsp3) is 0.474. The number of nitrogens with zero attached hydrogens (tertiary/aromatic N) is 6. The van der Waals surface area contributed by atoms with Gasteiger partial charge in [0.05, 0.1) is 11.1 Å². The van der Waals surface area contributed by atoms with Gasteiger partial charge in [0.1, 0.15) is 17.7 Å². The Morgan fingerprint density at radius 1 is 1.27 bits per heavy atom. The summed E-state index contributed by atoms with van der Waals surface area (Å²) in [6.45, 7) is 6.96. The first-order valence-corrected chi connectivity index (χ1v) is 10.1. The molecule has 0 spiro atoms. The zero-order valence-corrected chi connectivity index (χ0v) is 16.2. The van der Waals surface area contributed by atoms with Crippen LogP contribution >= 0.6 is 11.3 Å². The van der Waals surface area contributed by atoms with Gasteiger partial charge in [-0.05, 0) is 50.7 Å². The molecule has 1 aliphatic rings. The van der Waals surface area contributed by atoms with Gasteiger partial charge in [0, 0.05) is 10.6 Å². The van der Waals surface area contributed by atoms with Crippen molar-refractivity contribution in [1.29, 1.82) is 0 Å². The summed E-state index contributed by atoms with van der Waals surface area (Å²) in [4.78, 5) is 12.1. The van der Waals surface area contributed by atoms with Crippen molar-refractivity contribution in [1.82, 2.24) is 29.4 Å². The summed E-state index contributed by atoms with van der Waals surface area (Å²) in [5.41, 5.74) is 4.55. The average Bonchev–Trinajstić information content (AvgIpc) is 3.28. The molecule has 134 valence electrons. The molecule has 0 bridgehead atoms. The van der Waals surface area contributed by atoms with Gasteiger partial charge in [0.2, 0.25) is 0 Å². The minimum atomic E-state index is 0.590. The van der Waals surface area contributed by atoms with E-state index < -0.39 is 0 Å². The second-order valence-electron chi connectivity index (χ2n) is 7.33. The highest BCUT2D eigenvalue weighted by molar-refractivity contribution is 7.19. The Balaban J connectivity index is 1.61. The lowest BCUT2D eigenvalue weighted by Crippen LogP contribution is -2.11. The lowest BCUT2D eigenvalue weighted by atomic mass is 9.86. The molecule has 4 aromatic heterocycles. The van der Waals surface area contributed by atoms with Crippen molar-refractivity contribution in [3.05, 3.63) is 40.0 Å². The van der Waals surface area contributed by atoms with E-state index in [4.69, 9.17) is 4.98 Å². The van der Waals surface area contributed by atoms with Crippen LogP contribution in [0.2, 0.25) is 0 Å². The van der Waals surface area contributed by atoms with Gasteiger partial charge in [0.15, 0.2) is 11.5 Å². The van der Waals surface area contributed by atoms with Crippen LogP contribution in [0.15, 0.2) is 12.4 Å². The zero-order valence-electron chi connectivity index (χ0n) is 15.4. The van der Waals surface area contributed by atoms with Crippen LogP contribution < -0.4 is 0 Å². The number of aromatic nitrogens is 6. The Morgan fingerprint density at radius 2 is 2.15 bits per heavy atom. The smallest absolute Gasteiger partial charge is 0.173 e.